The third kappa shape index (κ3) is 2.43. The molecule has 7 aliphatic rings. The summed E-state index contributed by atoms with van der Waals surface area (Å²) in [5.41, 5.74) is 2.62. The van der Waals surface area contributed by atoms with Gasteiger partial charge in [-0.25, -0.2) is 0 Å². The first-order valence-electron chi connectivity index (χ1n) is 14.1. The SMILES string of the molecule is CCCCOc1ccc2c3c1O[C@H]1[C@@]45CC[C@@]6(C[C@@H]4[C@@](C)(C(C)(C)C)OCO5)[C@@H](C2)N(C)CC[C@]316. The van der Waals surface area contributed by atoms with Gasteiger partial charge < -0.3 is 23.8 Å². The molecule has 0 radical (unpaired) electrons. The maximum Gasteiger partial charge on any atom is 0.165 e. The second kappa shape index (κ2) is 6.96. The highest BCUT2D eigenvalue weighted by molar-refractivity contribution is 5.63. The number of hydrogen-bond donors (Lipinski definition) is 0. The molecule has 192 valence electrons. The molecule has 5 fully saturated rings. The molecule has 8 rings (SSSR count). The van der Waals surface area contributed by atoms with E-state index in [-0.39, 0.29) is 33.6 Å². The fraction of sp³-hybridized carbons (Fsp3) is 0.800. The van der Waals surface area contributed by atoms with Crippen molar-refractivity contribution in [1.82, 2.24) is 4.90 Å². The summed E-state index contributed by atoms with van der Waals surface area (Å²) < 4.78 is 27.1. The van der Waals surface area contributed by atoms with Crippen molar-refractivity contribution in [3.8, 4) is 11.5 Å². The Balaban J connectivity index is 1.45. The van der Waals surface area contributed by atoms with Crippen LogP contribution in [0.25, 0.3) is 0 Å². The Bertz CT molecular complexity index is 1070. The third-order valence-electron chi connectivity index (χ3n) is 11.8. The Morgan fingerprint density at radius 1 is 1.14 bits per heavy atom. The Morgan fingerprint density at radius 3 is 2.74 bits per heavy atom. The summed E-state index contributed by atoms with van der Waals surface area (Å²) in [6, 6.07) is 5.08. The molecule has 0 amide bonds. The van der Waals surface area contributed by atoms with Gasteiger partial charge >= 0.3 is 0 Å². The number of fused-ring (bicyclic) bond motifs is 1. The lowest BCUT2D eigenvalue weighted by Gasteiger charge is -2.76. The summed E-state index contributed by atoms with van der Waals surface area (Å²) in [6.07, 6.45) is 7.95. The lowest BCUT2D eigenvalue weighted by atomic mass is 9.33. The van der Waals surface area contributed by atoms with Crippen LogP contribution in [0.5, 0.6) is 11.5 Å². The fourth-order valence-electron chi connectivity index (χ4n) is 9.75. The third-order valence-corrected chi connectivity index (χ3v) is 11.8. The van der Waals surface area contributed by atoms with E-state index in [9.17, 15) is 0 Å². The van der Waals surface area contributed by atoms with Crippen LogP contribution in [0.15, 0.2) is 12.1 Å². The van der Waals surface area contributed by atoms with Crippen molar-refractivity contribution in [1.29, 1.82) is 0 Å². The van der Waals surface area contributed by atoms with Crippen LogP contribution in [0.1, 0.15) is 84.3 Å². The van der Waals surface area contributed by atoms with Gasteiger partial charge in [-0.2, -0.15) is 0 Å². The minimum Gasteiger partial charge on any atom is -0.490 e. The van der Waals surface area contributed by atoms with Crippen molar-refractivity contribution in [3.63, 3.8) is 0 Å². The molecule has 4 aliphatic carbocycles. The first-order chi connectivity index (χ1) is 16.6. The van der Waals surface area contributed by atoms with Gasteiger partial charge in [-0.3, -0.25) is 0 Å². The summed E-state index contributed by atoms with van der Waals surface area (Å²) >= 11 is 0. The first kappa shape index (κ1) is 22.9. The minimum atomic E-state index is -0.309. The Morgan fingerprint density at radius 2 is 1.97 bits per heavy atom. The molecule has 1 aromatic carbocycles. The van der Waals surface area contributed by atoms with Gasteiger partial charge in [0.25, 0.3) is 0 Å². The number of likely N-dealkylation sites (tertiary alicyclic amines) is 1. The van der Waals surface area contributed by atoms with Gasteiger partial charge in [0, 0.05) is 28.4 Å². The van der Waals surface area contributed by atoms with Gasteiger partial charge in [0.1, 0.15) is 18.5 Å². The van der Waals surface area contributed by atoms with E-state index in [0.29, 0.717) is 18.8 Å². The Labute approximate surface area is 210 Å². The molecule has 7 atom stereocenters. The van der Waals surface area contributed by atoms with Crippen molar-refractivity contribution in [2.45, 2.75) is 108 Å². The molecule has 1 aromatic rings. The van der Waals surface area contributed by atoms with Crippen LogP contribution < -0.4 is 9.47 Å². The molecule has 4 bridgehead atoms. The number of nitrogens with zero attached hydrogens (tertiary/aromatic N) is 1. The molecule has 5 heteroatoms. The zero-order chi connectivity index (χ0) is 24.4. The molecule has 5 nitrogen and oxygen atoms in total. The summed E-state index contributed by atoms with van der Waals surface area (Å²) in [4.78, 5) is 2.67. The van der Waals surface area contributed by atoms with Gasteiger partial charge in [0.15, 0.2) is 11.5 Å². The minimum absolute atomic E-state index is 0.0104. The summed E-state index contributed by atoms with van der Waals surface area (Å²) in [5.74, 6) is 2.31. The lowest BCUT2D eigenvalue weighted by molar-refractivity contribution is -0.389. The largest absolute Gasteiger partial charge is 0.490 e. The maximum atomic E-state index is 7.25. The molecule has 0 N–H and O–H groups in total. The number of likely N-dealkylation sites (N-methyl/N-ethyl adjacent to an activating group) is 1. The zero-order valence-electron chi connectivity index (χ0n) is 22.5. The monoisotopic (exact) mass is 481 g/mol. The quantitative estimate of drug-likeness (QED) is 0.533. The average Bonchev–Trinajstić information content (AvgIpc) is 3.19. The maximum absolute atomic E-state index is 7.25. The van der Waals surface area contributed by atoms with Crippen molar-refractivity contribution >= 4 is 0 Å². The van der Waals surface area contributed by atoms with Crippen LogP contribution in [0.4, 0.5) is 0 Å². The highest BCUT2D eigenvalue weighted by Crippen LogP contribution is 2.78. The number of piperidine rings is 1. The molecule has 35 heavy (non-hydrogen) atoms. The molecular formula is C30H43NO4. The molecule has 0 unspecified atom stereocenters. The van der Waals surface area contributed by atoms with Gasteiger partial charge in [-0.15, -0.1) is 0 Å². The summed E-state index contributed by atoms with van der Waals surface area (Å²) in [7, 11) is 2.36. The molecule has 3 saturated carbocycles. The highest BCUT2D eigenvalue weighted by atomic mass is 16.7. The van der Waals surface area contributed by atoms with Gasteiger partial charge in [-0.05, 0) is 76.1 Å². The topological polar surface area (TPSA) is 40.2 Å². The molecular weight excluding hydrogens is 438 g/mol. The van der Waals surface area contributed by atoms with E-state index in [1.165, 1.54) is 17.5 Å². The van der Waals surface area contributed by atoms with Gasteiger partial charge in [0.2, 0.25) is 0 Å². The number of ether oxygens (including phenoxy) is 4. The summed E-state index contributed by atoms with van der Waals surface area (Å²) in [5, 5.41) is 0. The van der Waals surface area contributed by atoms with E-state index < -0.39 is 0 Å². The van der Waals surface area contributed by atoms with Crippen LogP contribution >= 0.6 is 0 Å². The standard InChI is InChI=1S/C30H43NO4/c1-7-8-15-32-20-10-9-19-16-22-28-11-12-30(21(17-28)27(5,26(2,3)4)33-18-34-30)25-29(28,13-14-31(22)6)23(19)24(20)35-25/h9-10,21-22,25H,7-8,11-18H2,1-6H3/t21-,22-,25-,27+,28-,29+,30-/m1/s1. The molecule has 3 aliphatic heterocycles. The van der Waals surface area contributed by atoms with Crippen LogP contribution in [-0.2, 0) is 21.3 Å². The van der Waals surface area contributed by atoms with Crippen LogP contribution in [-0.4, -0.2) is 55.2 Å². The van der Waals surface area contributed by atoms with Crippen LogP contribution in [0.3, 0.4) is 0 Å². The van der Waals surface area contributed by atoms with Crippen molar-refractivity contribution < 1.29 is 18.9 Å². The highest BCUT2D eigenvalue weighted by Gasteiger charge is 2.83. The normalized spacial score (nSPS) is 45.0. The van der Waals surface area contributed by atoms with Crippen molar-refractivity contribution in [3.05, 3.63) is 23.3 Å². The first-order valence-corrected chi connectivity index (χ1v) is 14.1. The number of unbranched alkanes of at least 4 members (excludes halogenated alkanes) is 1. The Kier molecular flexibility index (Phi) is 4.55. The van der Waals surface area contributed by atoms with E-state index in [0.717, 1.165) is 63.2 Å². The van der Waals surface area contributed by atoms with E-state index in [1.807, 2.05) is 0 Å². The van der Waals surface area contributed by atoms with Crippen molar-refractivity contribution in [2.75, 3.05) is 27.0 Å². The molecule has 3 spiro atoms. The second-order valence-corrected chi connectivity index (χ2v) is 13.7. The fourth-order valence-corrected chi connectivity index (χ4v) is 9.75. The van der Waals surface area contributed by atoms with E-state index in [1.54, 1.807) is 0 Å². The van der Waals surface area contributed by atoms with E-state index >= 15 is 0 Å². The van der Waals surface area contributed by atoms with Gasteiger partial charge in [-0.1, -0.05) is 40.2 Å². The number of rotatable bonds is 4. The lowest BCUT2D eigenvalue weighted by Crippen LogP contribution is -2.84. The Hall–Kier alpha value is -1.30. The van der Waals surface area contributed by atoms with Crippen LogP contribution in [0.2, 0.25) is 0 Å². The van der Waals surface area contributed by atoms with E-state index in [2.05, 4.69) is 58.7 Å². The predicted octanol–water partition coefficient (Wildman–Crippen LogP) is 5.47. The van der Waals surface area contributed by atoms with Crippen molar-refractivity contribution in [2.24, 2.45) is 16.7 Å². The second-order valence-electron chi connectivity index (χ2n) is 13.7. The predicted molar refractivity (Wildman–Crippen MR) is 135 cm³/mol. The molecule has 2 saturated heterocycles. The number of benzene rings is 1. The van der Waals surface area contributed by atoms with Gasteiger partial charge in [0.05, 0.1) is 12.2 Å². The molecule has 0 aromatic heterocycles. The molecule has 3 heterocycles. The van der Waals surface area contributed by atoms with Crippen LogP contribution in [0, 0.1) is 16.7 Å². The summed E-state index contributed by atoms with van der Waals surface area (Å²) in [6.45, 7) is 13.8. The zero-order valence-corrected chi connectivity index (χ0v) is 22.5. The smallest absolute Gasteiger partial charge is 0.165 e. The average molecular weight is 482 g/mol. The van der Waals surface area contributed by atoms with E-state index in [4.69, 9.17) is 18.9 Å². The number of hydrogen-bond acceptors (Lipinski definition) is 5.